The predicted molar refractivity (Wildman–Crippen MR) is 98.7 cm³/mol. The number of H-pyrrole nitrogens is 1. The molecule has 5 nitrogen and oxygen atoms in total. The Balaban J connectivity index is 1.62. The van der Waals surface area contributed by atoms with Gasteiger partial charge >= 0.3 is 11.9 Å². The molecule has 0 aliphatic heterocycles. The molecular weight excluding hydrogens is 411 g/mol. The number of aryl methyl sites for hydroxylation is 1. The minimum absolute atomic E-state index is 0.112. The van der Waals surface area contributed by atoms with Crippen LogP contribution in [0.3, 0.4) is 0 Å². The number of ether oxygens (including phenoxy) is 1. The van der Waals surface area contributed by atoms with E-state index in [1.807, 2.05) is 0 Å². The SMILES string of the molecule is O=c1[nH]c(O)c([C@@H]2CCCc3cc(Oc4ccc(C(F)(F)F)cc4Cl)ccc32)o1. The van der Waals surface area contributed by atoms with Crippen molar-refractivity contribution >= 4 is 11.6 Å². The first-order valence-corrected chi connectivity index (χ1v) is 9.19. The van der Waals surface area contributed by atoms with Crippen LogP contribution >= 0.6 is 11.6 Å². The highest BCUT2D eigenvalue weighted by Gasteiger charge is 2.31. The molecule has 3 aromatic rings. The minimum Gasteiger partial charge on any atom is -0.492 e. The number of fused-ring (bicyclic) bond motifs is 1. The van der Waals surface area contributed by atoms with E-state index in [2.05, 4.69) is 4.98 Å². The topological polar surface area (TPSA) is 75.5 Å². The normalized spacial score (nSPS) is 16.5. The highest BCUT2D eigenvalue weighted by Crippen LogP contribution is 2.41. The molecule has 2 N–H and O–H groups in total. The molecule has 0 fully saturated rings. The number of rotatable bonds is 3. The lowest BCUT2D eigenvalue weighted by Crippen LogP contribution is -2.11. The zero-order valence-corrected chi connectivity index (χ0v) is 15.6. The number of hydrogen-bond donors (Lipinski definition) is 2. The maximum atomic E-state index is 12.8. The summed E-state index contributed by atoms with van der Waals surface area (Å²) in [6.45, 7) is 0. The van der Waals surface area contributed by atoms with E-state index in [-0.39, 0.29) is 28.3 Å². The molecule has 1 aliphatic carbocycles. The maximum absolute atomic E-state index is 12.8. The van der Waals surface area contributed by atoms with Crippen LogP contribution in [-0.2, 0) is 12.6 Å². The zero-order valence-electron chi connectivity index (χ0n) is 14.8. The van der Waals surface area contributed by atoms with Crippen molar-refractivity contribution in [2.45, 2.75) is 31.4 Å². The summed E-state index contributed by atoms with van der Waals surface area (Å²) < 4.78 is 49.1. The molecule has 0 spiro atoms. The smallest absolute Gasteiger partial charge is 0.419 e. The van der Waals surface area contributed by atoms with Gasteiger partial charge < -0.3 is 14.3 Å². The molecule has 0 radical (unpaired) electrons. The summed E-state index contributed by atoms with van der Waals surface area (Å²) in [7, 11) is 0. The van der Waals surface area contributed by atoms with Gasteiger partial charge in [-0.25, -0.2) is 4.79 Å². The van der Waals surface area contributed by atoms with Crippen molar-refractivity contribution in [2.75, 3.05) is 0 Å². The lowest BCUT2D eigenvalue weighted by molar-refractivity contribution is -0.137. The van der Waals surface area contributed by atoms with Crippen LogP contribution in [0.4, 0.5) is 13.2 Å². The second-order valence-corrected chi connectivity index (χ2v) is 7.19. The third-order valence-corrected chi connectivity index (χ3v) is 5.18. The summed E-state index contributed by atoms with van der Waals surface area (Å²) in [5, 5.41) is 9.76. The standard InChI is InChI=1S/C20H15ClF3NO4/c21-15-9-11(20(22,23)24)4-7-16(15)28-12-5-6-13-10(8-12)2-1-3-14(13)17-18(26)25-19(27)29-17/h4-9,14,26H,1-3H2,(H,25,27)/t14-/m1/s1. The fourth-order valence-electron chi connectivity index (χ4n) is 3.58. The summed E-state index contributed by atoms with van der Waals surface area (Å²) in [5.41, 5.74) is 0.973. The van der Waals surface area contributed by atoms with Crippen molar-refractivity contribution in [3.8, 4) is 17.4 Å². The van der Waals surface area contributed by atoms with Crippen LogP contribution in [0.25, 0.3) is 0 Å². The predicted octanol–water partition coefficient (Wildman–Crippen LogP) is 5.61. The van der Waals surface area contributed by atoms with Gasteiger partial charge in [-0.15, -0.1) is 0 Å². The third kappa shape index (κ3) is 3.85. The molecule has 9 heteroatoms. The average molecular weight is 426 g/mol. The molecule has 1 aliphatic rings. The molecule has 152 valence electrons. The van der Waals surface area contributed by atoms with Crippen LogP contribution < -0.4 is 10.5 Å². The largest absolute Gasteiger partial charge is 0.492 e. The number of halogens is 4. The molecule has 0 bridgehead atoms. The minimum atomic E-state index is -4.48. The summed E-state index contributed by atoms with van der Waals surface area (Å²) in [6, 6.07) is 8.14. The molecule has 0 amide bonds. The number of alkyl halides is 3. The van der Waals surface area contributed by atoms with Gasteiger partial charge in [-0.05, 0) is 60.7 Å². The molecule has 2 aromatic carbocycles. The first-order valence-electron chi connectivity index (χ1n) is 8.82. The summed E-state index contributed by atoms with van der Waals surface area (Å²) in [4.78, 5) is 13.6. The highest BCUT2D eigenvalue weighted by atomic mass is 35.5. The molecule has 0 saturated carbocycles. The average Bonchev–Trinajstić information content (AvgIpc) is 3.00. The molecular formula is C20H15ClF3NO4. The van der Waals surface area contributed by atoms with Gasteiger partial charge in [-0.2, -0.15) is 13.2 Å². The number of hydrogen-bond acceptors (Lipinski definition) is 4. The number of aromatic amines is 1. The van der Waals surface area contributed by atoms with Crippen molar-refractivity contribution in [2.24, 2.45) is 0 Å². The van der Waals surface area contributed by atoms with E-state index in [1.165, 1.54) is 6.07 Å². The second kappa shape index (κ2) is 7.18. The molecule has 1 atom stereocenters. The Kier molecular flexibility index (Phi) is 4.82. The van der Waals surface area contributed by atoms with E-state index in [0.29, 0.717) is 12.2 Å². The van der Waals surface area contributed by atoms with Crippen molar-refractivity contribution in [3.05, 3.63) is 74.4 Å². The van der Waals surface area contributed by atoms with Crippen LogP contribution in [0.1, 0.15) is 41.2 Å². The van der Waals surface area contributed by atoms with Crippen LogP contribution in [0, 0.1) is 0 Å². The molecule has 1 heterocycles. The van der Waals surface area contributed by atoms with Gasteiger partial charge in [0.05, 0.1) is 10.6 Å². The first kappa shape index (κ1) is 19.4. The first-order chi connectivity index (χ1) is 13.7. The number of benzene rings is 2. The zero-order chi connectivity index (χ0) is 20.8. The lowest BCUT2D eigenvalue weighted by atomic mass is 9.81. The number of aromatic nitrogens is 1. The fraction of sp³-hybridized carbons (Fsp3) is 0.250. The monoisotopic (exact) mass is 425 g/mol. The molecule has 29 heavy (non-hydrogen) atoms. The summed E-state index contributed by atoms with van der Waals surface area (Å²) >= 11 is 5.95. The Hall–Kier alpha value is -2.87. The highest BCUT2D eigenvalue weighted by molar-refractivity contribution is 6.32. The summed E-state index contributed by atoms with van der Waals surface area (Å²) in [5.74, 6) is -0.560. The van der Waals surface area contributed by atoms with Crippen molar-refractivity contribution in [3.63, 3.8) is 0 Å². The van der Waals surface area contributed by atoms with Crippen LogP contribution in [0.5, 0.6) is 17.4 Å². The van der Waals surface area contributed by atoms with E-state index in [4.69, 9.17) is 20.8 Å². The van der Waals surface area contributed by atoms with Gasteiger partial charge in [0.2, 0.25) is 5.88 Å². The number of oxazole rings is 1. The van der Waals surface area contributed by atoms with Crippen LogP contribution in [0.2, 0.25) is 5.02 Å². The van der Waals surface area contributed by atoms with E-state index < -0.39 is 17.5 Å². The number of nitrogens with one attached hydrogen (secondary N) is 1. The quantitative estimate of drug-likeness (QED) is 0.572. The Morgan fingerprint density at radius 2 is 2.00 bits per heavy atom. The van der Waals surface area contributed by atoms with Crippen molar-refractivity contribution in [1.29, 1.82) is 0 Å². The second-order valence-electron chi connectivity index (χ2n) is 6.78. The van der Waals surface area contributed by atoms with E-state index in [9.17, 15) is 23.1 Å². The molecule has 1 aromatic heterocycles. The van der Waals surface area contributed by atoms with Gasteiger partial charge in [-0.1, -0.05) is 17.7 Å². The van der Waals surface area contributed by atoms with Gasteiger partial charge in [0.1, 0.15) is 11.5 Å². The van der Waals surface area contributed by atoms with Gasteiger partial charge in [0.25, 0.3) is 0 Å². The maximum Gasteiger partial charge on any atom is 0.419 e. The lowest BCUT2D eigenvalue weighted by Gasteiger charge is -2.24. The summed E-state index contributed by atoms with van der Waals surface area (Å²) in [6.07, 6.45) is -2.23. The molecule has 0 saturated heterocycles. The Labute approximate surface area is 167 Å². The Bertz CT molecular complexity index is 1120. The molecule has 4 rings (SSSR count). The van der Waals surface area contributed by atoms with Crippen molar-refractivity contribution < 1.29 is 27.4 Å². The van der Waals surface area contributed by atoms with E-state index >= 15 is 0 Å². The number of aromatic hydroxyl groups is 1. The Morgan fingerprint density at radius 1 is 1.21 bits per heavy atom. The van der Waals surface area contributed by atoms with Crippen molar-refractivity contribution in [1.82, 2.24) is 4.98 Å². The van der Waals surface area contributed by atoms with Gasteiger partial charge in [-0.3, -0.25) is 4.98 Å². The van der Waals surface area contributed by atoms with E-state index in [1.54, 1.807) is 18.2 Å². The molecule has 0 unspecified atom stereocenters. The Morgan fingerprint density at radius 3 is 2.66 bits per heavy atom. The third-order valence-electron chi connectivity index (χ3n) is 4.89. The van der Waals surface area contributed by atoms with Gasteiger partial charge in [0.15, 0.2) is 5.76 Å². The van der Waals surface area contributed by atoms with E-state index in [0.717, 1.165) is 36.1 Å². The van der Waals surface area contributed by atoms with Gasteiger partial charge in [0, 0.05) is 5.92 Å². The van der Waals surface area contributed by atoms with Crippen LogP contribution in [0.15, 0.2) is 45.6 Å². The fourth-order valence-corrected chi connectivity index (χ4v) is 3.80. The van der Waals surface area contributed by atoms with Crippen LogP contribution in [-0.4, -0.2) is 10.1 Å².